The fourth-order valence-electron chi connectivity index (χ4n) is 3.15. The molecule has 0 spiro atoms. The molecule has 0 fully saturated rings. The van der Waals surface area contributed by atoms with Gasteiger partial charge in [0.1, 0.15) is 22.7 Å². The van der Waals surface area contributed by atoms with Gasteiger partial charge in [-0.2, -0.15) is 4.98 Å². The average Bonchev–Trinajstić information content (AvgIpc) is 3.19. The molecule has 7 nitrogen and oxygen atoms in total. The smallest absolute Gasteiger partial charge is 0.300 e. The summed E-state index contributed by atoms with van der Waals surface area (Å²) in [6.45, 7) is 2.19. The van der Waals surface area contributed by atoms with Crippen LogP contribution in [-0.4, -0.2) is 22.9 Å². The minimum atomic E-state index is -0.272. The Morgan fingerprint density at radius 3 is 2.65 bits per heavy atom. The molecule has 0 aliphatic rings. The molecule has 0 saturated heterocycles. The van der Waals surface area contributed by atoms with E-state index in [9.17, 15) is 4.79 Å². The highest BCUT2D eigenvalue weighted by Crippen LogP contribution is 2.28. The second-order valence-electron chi connectivity index (χ2n) is 7.13. The van der Waals surface area contributed by atoms with Gasteiger partial charge >= 0.3 is 0 Å². The van der Waals surface area contributed by atoms with Crippen molar-refractivity contribution in [2.45, 2.75) is 26.2 Å². The highest BCUT2D eigenvalue weighted by molar-refractivity contribution is 5.92. The maximum atomic E-state index is 11.8. The van der Waals surface area contributed by atoms with E-state index in [0.29, 0.717) is 28.6 Å². The number of rotatable bonds is 8. The van der Waals surface area contributed by atoms with Gasteiger partial charge in [-0.3, -0.25) is 9.78 Å². The number of pyridine rings is 1. The summed E-state index contributed by atoms with van der Waals surface area (Å²) in [5, 5.41) is 5.75. The minimum Gasteiger partial charge on any atom is -0.457 e. The van der Waals surface area contributed by atoms with Crippen molar-refractivity contribution in [3.05, 3.63) is 72.1 Å². The third-order valence-electron chi connectivity index (χ3n) is 4.81. The number of nitrogens with one attached hydrogen (secondary N) is 2. The number of aryl methyl sites for hydroxylation is 1. The molecule has 2 N–H and O–H groups in total. The van der Waals surface area contributed by atoms with Gasteiger partial charge in [-0.1, -0.05) is 25.5 Å². The van der Waals surface area contributed by atoms with Crippen LogP contribution < -0.4 is 15.4 Å². The first-order valence-electron chi connectivity index (χ1n) is 10.3. The van der Waals surface area contributed by atoms with Gasteiger partial charge in [0.2, 0.25) is 0 Å². The van der Waals surface area contributed by atoms with Crippen molar-refractivity contribution in [3.63, 3.8) is 0 Å². The van der Waals surface area contributed by atoms with E-state index in [4.69, 9.17) is 9.15 Å². The fraction of sp³-hybridized carbons (Fsp3) is 0.208. The third kappa shape index (κ3) is 5.01. The van der Waals surface area contributed by atoms with Crippen LogP contribution in [0.25, 0.3) is 11.1 Å². The molecule has 0 atom stereocenters. The number of nitrogens with zero attached hydrogens (tertiary/aromatic N) is 2. The molecule has 0 unspecified atom stereocenters. The quantitative estimate of drug-likeness (QED) is 0.396. The van der Waals surface area contributed by atoms with Gasteiger partial charge in [0.25, 0.3) is 11.9 Å². The van der Waals surface area contributed by atoms with Crippen molar-refractivity contribution in [2.24, 2.45) is 0 Å². The van der Waals surface area contributed by atoms with E-state index in [-0.39, 0.29) is 11.6 Å². The van der Waals surface area contributed by atoms with Crippen molar-refractivity contribution in [3.8, 4) is 11.5 Å². The number of fused-ring (bicyclic) bond motifs is 1. The van der Waals surface area contributed by atoms with E-state index in [1.165, 1.54) is 24.6 Å². The molecule has 158 valence electrons. The van der Waals surface area contributed by atoms with Crippen LogP contribution in [0.3, 0.4) is 0 Å². The number of aromatic nitrogens is 2. The monoisotopic (exact) mass is 416 g/mol. The van der Waals surface area contributed by atoms with Gasteiger partial charge in [0.05, 0.1) is 0 Å². The molecular formula is C24H24N4O3. The number of oxazole rings is 1. The van der Waals surface area contributed by atoms with Crippen LogP contribution in [0.1, 0.15) is 35.8 Å². The molecule has 0 aliphatic heterocycles. The molecule has 0 aliphatic carbocycles. The first-order valence-corrected chi connectivity index (χ1v) is 10.3. The zero-order valence-corrected chi connectivity index (χ0v) is 17.5. The van der Waals surface area contributed by atoms with Crippen LogP contribution in [0.4, 0.5) is 11.7 Å². The Morgan fingerprint density at radius 2 is 1.87 bits per heavy atom. The third-order valence-corrected chi connectivity index (χ3v) is 4.81. The SMILES string of the molecule is CCCCc1ccc(Nc2nc3cc(Oc4ccnc(C(=O)NC)c4)ccc3o2)cc1. The lowest BCUT2D eigenvalue weighted by Gasteiger charge is -2.06. The number of benzene rings is 2. The summed E-state index contributed by atoms with van der Waals surface area (Å²) >= 11 is 0. The van der Waals surface area contributed by atoms with Crippen LogP contribution >= 0.6 is 0 Å². The average molecular weight is 416 g/mol. The number of hydrogen-bond acceptors (Lipinski definition) is 6. The zero-order chi connectivity index (χ0) is 21.6. The molecular weight excluding hydrogens is 392 g/mol. The highest BCUT2D eigenvalue weighted by atomic mass is 16.5. The second kappa shape index (κ2) is 9.30. The molecule has 4 aromatic rings. The van der Waals surface area contributed by atoms with Gasteiger partial charge in [0, 0.05) is 31.1 Å². The number of carbonyl (C=O) groups is 1. The second-order valence-corrected chi connectivity index (χ2v) is 7.13. The van der Waals surface area contributed by atoms with Crippen molar-refractivity contribution in [2.75, 3.05) is 12.4 Å². The first kappa shape index (κ1) is 20.4. The largest absolute Gasteiger partial charge is 0.457 e. The lowest BCUT2D eigenvalue weighted by atomic mass is 10.1. The Labute approximate surface area is 180 Å². The van der Waals surface area contributed by atoms with E-state index in [0.717, 1.165) is 12.1 Å². The van der Waals surface area contributed by atoms with Crippen LogP contribution in [0, 0.1) is 0 Å². The standard InChI is InChI=1S/C24H24N4O3/c1-3-4-5-16-6-8-17(9-7-16)27-24-28-20-14-18(10-11-22(20)31-24)30-19-12-13-26-21(15-19)23(29)25-2/h6-15H,3-5H2,1-2H3,(H,25,29)(H,27,28). The summed E-state index contributed by atoms with van der Waals surface area (Å²) < 4.78 is 11.7. The molecule has 2 heterocycles. The minimum absolute atomic E-state index is 0.272. The van der Waals surface area contributed by atoms with Crippen LogP contribution in [-0.2, 0) is 6.42 Å². The molecule has 31 heavy (non-hydrogen) atoms. The van der Waals surface area contributed by atoms with Gasteiger partial charge in [-0.15, -0.1) is 0 Å². The van der Waals surface area contributed by atoms with Gasteiger partial charge in [0.15, 0.2) is 5.58 Å². The van der Waals surface area contributed by atoms with E-state index >= 15 is 0 Å². The number of carbonyl (C=O) groups excluding carboxylic acids is 1. The van der Waals surface area contributed by atoms with E-state index < -0.39 is 0 Å². The van der Waals surface area contributed by atoms with Gasteiger partial charge in [-0.05, 0) is 48.7 Å². The summed E-state index contributed by atoms with van der Waals surface area (Å²) in [6, 6.07) is 17.4. The summed E-state index contributed by atoms with van der Waals surface area (Å²) in [5.41, 5.74) is 3.84. The number of unbranched alkanes of at least 4 members (excludes halogenated alkanes) is 1. The Kier molecular flexibility index (Phi) is 6.12. The molecule has 1 amide bonds. The molecule has 2 aromatic carbocycles. The lowest BCUT2D eigenvalue weighted by molar-refractivity contribution is 0.0958. The van der Waals surface area contributed by atoms with E-state index in [2.05, 4.69) is 39.7 Å². The maximum Gasteiger partial charge on any atom is 0.300 e. The van der Waals surface area contributed by atoms with Crippen molar-refractivity contribution >= 4 is 28.7 Å². The summed E-state index contributed by atoms with van der Waals surface area (Å²) in [4.78, 5) is 20.3. The van der Waals surface area contributed by atoms with Crippen molar-refractivity contribution in [1.82, 2.24) is 15.3 Å². The van der Waals surface area contributed by atoms with Crippen LogP contribution in [0.2, 0.25) is 0 Å². The summed E-state index contributed by atoms with van der Waals surface area (Å²) in [5.74, 6) is 0.825. The predicted octanol–water partition coefficient (Wildman–Crippen LogP) is 5.46. The summed E-state index contributed by atoms with van der Waals surface area (Å²) in [7, 11) is 1.56. The zero-order valence-electron chi connectivity index (χ0n) is 17.5. The Morgan fingerprint density at radius 1 is 1.06 bits per heavy atom. The molecule has 0 radical (unpaired) electrons. The van der Waals surface area contributed by atoms with E-state index in [1.54, 1.807) is 37.4 Å². The fourth-order valence-corrected chi connectivity index (χ4v) is 3.15. The lowest BCUT2D eigenvalue weighted by Crippen LogP contribution is -2.18. The maximum absolute atomic E-state index is 11.8. The molecule has 0 saturated carbocycles. The number of ether oxygens (including phenoxy) is 1. The molecule has 2 aromatic heterocycles. The highest BCUT2D eigenvalue weighted by Gasteiger charge is 2.10. The number of anilines is 2. The normalized spacial score (nSPS) is 10.8. The van der Waals surface area contributed by atoms with Gasteiger partial charge < -0.3 is 19.8 Å². The Balaban J connectivity index is 1.47. The Bertz CT molecular complexity index is 1190. The molecule has 4 rings (SSSR count). The summed E-state index contributed by atoms with van der Waals surface area (Å²) in [6.07, 6.45) is 4.99. The first-order chi connectivity index (χ1) is 15.1. The number of amides is 1. The molecule has 7 heteroatoms. The number of hydrogen-bond donors (Lipinski definition) is 2. The Hall–Kier alpha value is -3.87. The molecule has 0 bridgehead atoms. The van der Waals surface area contributed by atoms with Crippen molar-refractivity contribution < 1.29 is 13.9 Å². The predicted molar refractivity (Wildman–Crippen MR) is 120 cm³/mol. The van der Waals surface area contributed by atoms with E-state index in [1.807, 2.05) is 12.1 Å². The van der Waals surface area contributed by atoms with Crippen LogP contribution in [0.15, 0.2) is 65.2 Å². The van der Waals surface area contributed by atoms with Crippen LogP contribution in [0.5, 0.6) is 11.5 Å². The topological polar surface area (TPSA) is 89.3 Å². The van der Waals surface area contributed by atoms with Crippen molar-refractivity contribution in [1.29, 1.82) is 0 Å². The van der Waals surface area contributed by atoms with Gasteiger partial charge in [-0.25, -0.2) is 0 Å².